The van der Waals surface area contributed by atoms with Gasteiger partial charge in [0, 0.05) is 31.7 Å². The van der Waals surface area contributed by atoms with Crippen molar-refractivity contribution in [3.63, 3.8) is 0 Å². The molecule has 5 heteroatoms. The molecule has 1 atom stereocenters. The highest BCUT2D eigenvalue weighted by atomic mass is 35.5. The lowest BCUT2D eigenvalue weighted by molar-refractivity contribution is 0.143. The van der Waals surface area contributed by atoms with Gasteiger partial charge in [-0.3, -0.25) is 4.90 Å². The van der Waals surface area contributed by atoms with E-state index in [-0.39, 0.29) is 18.4 Å². The molecule has 0 saturated carbocycles. The third kappa shape index (κ3) is 4.69. The zero-order valence-corrected chi connectivity index (χ0v) is 14.5. The quantitative estimate of drug-likeness (QED) is 0.861. The highest BCUT2D eigenvalue weighted by Crippen LogP contribution is 2.30. The maximum Gasteiger partial charge on any atom is 0.124 e. The van der Waals surface area contributed by atoms with Gasteiger partial charge in [-0.05, 0) is 11.6 Å². The number of rotatable bonds is 6. The van der Waals surface area contributed by atoms with Gasteiger partial charge in [0.15, 0.2) is 0 Å². The number of alkyl halides is 1. The molecule has 0 radical (unpaired) electrons. The smallest absolute Gasteiger partial charge is 0.124 e. The summed E-state index contributed by atoms with van der Waals surface area (Å²) in [5, 5.41) is 3.31. The first-order valence-electron chi connectivity index (χ1n) is 8.15. The Morgan fingerprint density at radius 2 is 1.67 bits per heavy atom. The Balaban J connectivity index is 0.00000208. The second kappa shape index (κ2) is 9.62. The fourth-order valence-electron chi connectivity index (χ4n) is 2.99. The van der Waals surface area contributed by atoms with Crippen molar-refractivity contribution in [2.24, 2.45) is 0 Å². The number of benzene rings is 2. The summed E-state index contributed by atoms with van der Waals surface area (Å²) < 4.78 is 19.7. The van der Waals surface area contributed by atoms with E-state index in [0.29, 0.717) is 6.61 Å². The third-order valence-electron chi connectivity index (χ3n) is 4.25. The van der Waals surface area contributed by atoms with E-state index < -0.39 is 6.67 Å². The van der Waals surface area contributed by atoms with E-state index >= 15 is 0 Å². The largest absolute Gasteiger partial charge is 0.489 e. The Hall–Kier alpha value is -1.62. The number of piperazine rings is 1. The summed E-state index contributed by atoms with van der Waals surface area (Å²) in [6.07, 6.45) is 0. The lowest BCUT2D eigenvalue weighted by Crippen LogP contribution is -2.45. The molecule has 1 aliphatic heterocycles. The number of ether oxygens (including phenoxy) is 1. The van der Waals surface area contributed by atoms with E-state index in [1.807, 2.05) is 54.6 Å². The van der Waals surface area contributed by atoms with Gasteiger partial charge in [-0.1, -0.05) is 48.5 Å². The molecule has 0 bridgehead atoms. The summed E-state index contributed by atoms with van der Waals surface area (Å²) in [6, 6.07) is 17.6. The second-order valence-electron chi connectivity index (χ2n) is 5.77. The highest BCUT2D eigenvalue weighted by Gasteiger charge is 2.24. The molecule has 0 aliphatic carbocycles. The van der Waals surface area contributed by atoms with E-state index in [4.69, 9.17) is 4.74 Å². The fraction of sp³-hybridized carbons (Fsp3) is 0.368. The van der Waals surface area contributed by atoms with Gasteiger partial charge in [0.1, 0.15) is 19.0 Å². The van der Waals surface area contributed by atoms with E-state index in [2.05, 4.69) is 10.2 Å². The van der Waals surface area contributed by atoms with Crippen molar-refractivity contribution in [3.8, 4) is 5.75 Å². The van der Waals surface area contributed by atoms with Gasteiger partial charge in [-0.2, -0.15) is 0 Å². The minimum atomic E-state index is -0.397. The van der Waals surface area contributed by atoms with Gasteiger partial charge < -0.3 is 10.1 Å². The molecule has 24 heavy (non-hydrogen) atoms. The molecule has 1 fully saturated rings. The molecule has 1 saturated heterocycles. The van der Waals surface area contributed by atoms with Crippen molar-refractivity contribution in [1.82, 2.24) is 10.2 Å². The number of hydrogen-bond acceptors (Lipinski definition) is 3. The summed E-state index contributed by atoms with van der Waals surface area (Å²) in [6.45, 7) is 3.64. The zero-order valence-electron chi connectivity index (χ0n) is 13.7. The van der Waals surface area contributed by atoms with E-state index in [9.17, 15) is 4.39 Å². The average Bonchev–Trinajstić information content (AvgIpc) is 2.63. The minimum absolute atomic E-state index is 0. The molecule has 2 aromatic carbocycles. The molecule has 1 heterocycles. The standard InChI is InChI=1S/C19H23FN2O.ClH/c20-14-18(22-12-10-21-11-13-22)17-8-4-5-9-19(17)23-15-16-6-2-1-3-7-16;/h1-9,18,21H,10-15H2;1H/t18-;/m0./s1. The van der Waals surface area contributed by atoms with Crippen LogP contribution in [0.15, 0.2) is 54.6 Å². The van der Waals surface area contributed by atoms with Crippen LogP contribution < -0.4 is 10.1 Å². The van der Waals surface area contributed by atoms with Gasteiger partial charge in [-0.25, -0.2) is 4.39 Å². The molecule has 1 aliphatic rings. The summed E-state index contributed by atoms with van der Waals surface area (Å²) in [5.41, 5.74) is 2.05. The normalized spacial score (nSPS) is 16.2. The number of hydrogen-bond donors (Lipinski definition) is 1. The monoisotopic (exact) mass is 350 g/mol. The Labute approximate surface area is 149 Å². The van der Waals surface area contributed by atoms with Crippen LogP contribution in [-0.2, 0) is 6.61 Å². The van der Waals surface area contributed by atoms with Crippen LogP contribution in [0.25, 0.3) is 0 Å². The lowest BCUT2D eigenvalue weighted by atomic mass is 10.0. The SMILES string of the molecule is Cl.FC[C@@H](c1ccccc1OCc1ccccc1)N1CCNCC1. The minimum Gasteiger partial charge on any atom is -0.489 e. The molecule has 130 valence electrons. The van der Waals surface area contributed by atoms with E-state index in [0.717, 1.165) is 43.1 Å². The molecule has 3 nitrogen and oxygen atoms in total. The first kappa shape index (κ1) is 18.7. The molecule has 0 unspecified atom stereocenters. The number of nitrogens with zero attached hydrogens (tertiary/aromatic N) is 1. The first-order valence-corrected chi connectivity index (χ1v) is 8.15. The van der Waals surface area contributed by atoms with Crippen LogP contribution in [0.5, 0.6) is 5.75 Å². The second-order valence-corrected chi connectivity index (χ2v) is 5.77. The van der Waals surface area contributed by atoms with Gasteiger partial charge in [-0.15, -0.1) is 12.4 Å². The molecule has 2 aromatic rings. The topological polar surface area (TPSA) is 24.5 Å². The van der Waals surface area contributed by atoms with E-state index in [1.165, 1.54) is 0 Å². The first-order chi connectivity index (χ1) is 11.4. The average molecular weight is 351 g/mol. The molecule has 0 amide bonds. The Bertz CT molecular complexity index is 605. The van der Waals surface area contributed by atoms with Crippen molar-refractivity contribution >= 4 is 12.4 Å². The maximum absolute atomic E-state index is 13.8. The molecule has 0 aromatic heterocycles. The van der Waals surface area contributed by atoms with Gasteiger partial charge >= 0.3 is 0 Å². The third-order valence-corrected chi connectivity index (χ3v) is 4.25. The molecule has 1 N–H and O–H groups in total. The van der Waals surface area contributed by atoms with Crippen LogP contribution in [0.1, 0.15) is 17.2 Å². The van der Waals surface area contributed by atoms with Crippen molar-refractivity contribution in [2.75, 3.05) is 32.9 Å². The van der Waals surface area contributed by atoms with Crippen LogP contribution in [0.3, 0.4) is 0 Å². The van der Waals surface area contributed by atoms with E-state index in [1.54, 1.807) is 0 Å². The summed E-state index contributed by atoms with van der Waals surface area (Å²) in [7, 11) is 0. The maximum atomic E-state index is 13.8. The van der Waals surface area contributed by atoms with Crippen LogP contribution in [-0.4, -0.2) is 37.8 Å². The molecule has 0 spiro atoms. The predicted octanol–water partition coefficient (Wildman–Crippen LogP) is 3.60. The van der Waals surface area contributed by atoms with Crippen molar-refractivity contribution in [3.05, 3.63) is 65.7 Å². The molecule has 3 rings (SSSR count). The number of para-hydroxylation sites is 1. The summed E-state index contributed by atoms with van der Waals surface area (Å²) >= 11 is 0. The molecular formula is C19H24ClFN2O. The Morgan fingerprint density at radius 3 is 2.38 bits per heavy atom. The summed E-state index contributed by atoms with van der Waals surface area (Å²) in [5.74, 6) is 0.775. The number of halogens is 2. The van der Waals surface area contributed by atoms with Gasteiger partial charge in [0.2, 0.25) is 0 Å². The Kier molecular flexibility index (Phi) is 7.50. The van der Waals surface area contributed by atoms with Crippen molar-refractivity contribution < 1.29 is 9.13 Å². The van der Waals surface area contributed by atoms with Crippen LogP contribution >= 0.6 is 12.4 Å². The van der Waals surface area contributed by atoms with Crippen LogP contribution in [0.4, 0.5) is 4.39 Å². The van der Waals surface area contributed by atoms with Gasteiger partial charge in [0.05, 0.1) is 6.04 Å². The van der Waals surface area contributed by atoms with Crippen molar-refractivity contribution in [2.45, 2.75) is 12.6 Å². The fourth-order valence-corrected chi connectivity index (χ4v) is 2.99. The predicted molar refractivity (Wildman–Crippen MR) is 97.6 cm³/mol. The highest BCUT2D eigenvalue weighted by molar-refractivity contribution is 5.85. The van der Waals surface area contributed by atoms with Crippen LogP contribution in [0.2, 0.25) is 0 Å². The summed E-state index contributed by atoms with van der Waals surface area (Å²) in [4.78, 5) is 2.20. The Morgan fingerprint density at radius 1 is 1.00 bits per heavy atom. The van der Waals surface area contributed by atoms with Gasteiger partial charge in [0.25, 0.3) is 0 Å². The zero-order chi connectivity index (χ0) is 15.9. The van der Waals surface area contributed by atoms with Crippen LogP contribution in [0, 0.1) is 0 Å². The number of nitrogens with one attached hydrogen (secondary N) is 1. The lowest BCUT2D eigenvalue weighted by Gasteiger charge is -2.34. The molecular weight excluding hydrogens is 327 g/mol. The van der Waals surface area contributed by atoms with Crippen molar-refractivity contribution in [1.29, 1.82) is 0 Å².